The van der Waals surface area contributed by atoms with Crippen molar-refractivity contribution in [3.8, 4) is 0 Å². The Morgan fingerprint density at radius 3 is 2.39 bits per heavy atom. The number of ether oxygens (including phenoxy) is 1. The van der Waals surface area contributed by atoms with Crippen molar-refractivity contribution < 1.29 is 13.2 Å². The molecule has 5 heteroatoms. The molecule has 0 aromatic carbocycles. The van der Waals surface area contributed by atoms with Gasteiger partial charge in [0.15, 0.2) is 0 Å². The minimum atomic E-state index is -2.87. The lowest BCUT2D eigenvalue weighted by molar-refractivity contribution is 0.172. The molecular weight excluding hydrogens is 250 g/mol. The van der Waals surface area contributed by atoms with E-state index in [1.807, 2.05) is 0 Å². The fourth-order valence-electron chi connectivity index (χ4n) is 1.66. The maximum Gasteiger partial charge on any atom is 0.150 e. The molecule has 0 saturated carbocycles. The second kappa shape index (κ2) is 8.12. The summed E-state index contributed by atoms with van der Waals surface area (Å²) in [6, 6.07) is 0. The van der Waals surface area contributed by atoms with E-state index in [4.69, 9.17) is 4.74 Å². The van der Waals surface area contributed by atoms with Gasteiger partial charge in [0.05, 0.1) is 12.4 Å². The smallest absolute Gasteiger partial charge is 0.150 e. The Hall–Kier alpha value is -0.130. The van der Waals surface area contributed by atoms with E-state index in [0.29, 0.717) is 18.9 Å². The molecule has 0 amide bonds. The largest absolute Gasteiger partial charge is 0.383 e. The third kappa shape index (κ3) is 6.71. The molecule has 0 bridgehead atoms. The molecule has 4 nitrogen and oxygen atoms in total. The first-order valence-electron chi connectivity index (χ1n) is 6.67. The van der Waals surface area contributed by atoms with E-state index in [9.17, 15) is 8.42 Å². The van der Waals surface area contributed by atoms with E-state index < -0.39 is 9.84 Å². The van der Waals surface area contributed by atoms with Crippen molar-refractivity contribution in [2.45, 2.75) is 34.1 Å². The summed E-state index contributed by atoms with van der Waals surface area (Å²) in [6.45, 7) is 10.5. The molecule has 0 fully saturated rings. The van der Waals surface area contributed by atoms with E-state index in [1.165, 1.54) is 0 Å². The van der Waals surface area contributed by atoms with Crippen molar-refractivity contribution in [1.29, 1.82) is 0 Å². The summed E-state index contributed by atoms with van der Waals surface area (Å²) in [5.41, 5.74) is 0.00990. The molecule has 0 saturated heterocycles. The highest BCUT2D eigenvalue weighted by molar-refractivity contribution is 7.91. The Morgan fingerprint density at radius 1 is 1.33 bits per heavy atom. The van der Waals surface area contributed by atoms with Gasteiger partial charge in [-0.25, -0.2) is 8.42 Å². The summed E-state index contributed by atoms with van der Waals surface area (Å²) in [7, 11) is -1.20. The Kier molecular flexibility index (Phi) is 8.06. The zero-order chi connectivity index (χ0) is 14.2. The van der Waals surface area contributed by atoms with Crippen LogP contribution in [0, 0.1) is 11.3 Å². The number of rotatable bonds is 10. The molecule has 18 heavy (non-hydrogen) atoms. The normalized spacial score (nSPS) is 15.9. The lowest BCUT2D eigenvalue weighted by atomic mass is 9.77. The molecule has 0 heterocycles. The molecule has 0 radical (unpaired) electrons. The van der Waals surface area contributed by atoms with Gasteiger partial charge >= 0.3 is 0 Å². The number of hydrogen-bond acceptors (Lipinski definition) is 4. The van der Waals surface area contributed by atoms with Gasteiger partial charge < -0.3 is 10.1 Å². The van der Waals surface area contributed by atoms with Crippen LogP contribution >= 0.6 is 0 Å². The van der Waals surface area contributed by atoms with Gasteiger partial charge in [-0.05, 0) is 17.8 Å². The molecule has 0 aromatic heterocycles. The Morgan fingerprint density at radius 2 is 1.94 bits per heavy atom. The van der Waals surface area contributed by atoms with Crippen molar-refractivity contribution >= 4 is 9.84 Å². The van der Waals surface area contributed by atoms with E-state index in [1.54, 1.807) is 14.0 Å². The van der Waals surface area contributed by atoms with Crippen molar-refractivity contribution in [2.75, 3.05) is 38.3 Å². The third-order valence-electron chi connectivity index (χ3n) is 3.83. The van der Waals surface area contributed by atoms with E-state index in [-0.39, 0.29) is 16.9 Å². The Balaban J connectivity index is 4.35. The highest BCUT2D eigenvalue weighted by Crippen LogP contribution is 2.30. The average Bonchev–Trinajstić information content (AvgIpc) is 2.32. The summed E-state index contributed by atoms with van der Waals surface area (Å²) < 4.78 is 28.2. The average molecular weight is 279 g/mol. The monoisotopic (exact) mass is 279 g/mol. The van der Waals surface area contributed by atoms with Gasteiger partial charge in [0, 0.05) is 26.0 Å². The van der Waals surface area contributed by atoms with Crippen LogP contribution in [0.3, 0.4) is 0 Å². The van der Waals surface area contributed by atoms with Crippen LogP contribution in [0.25, 0.3) is 0 Å². The SMILES string of the molecule is CCS(=O)(=O)CCC(C)(CNCCOC)C(C)C. The predicted octanol–water partition coefficient (Wildman–Crippen LogP) is 1.71. The van der Waals surface area contributed by atoms with Crippen LogP contribution in [-0.2, 0) is 14.6 Å². The van der Waals surface area contributed by atoms with Crippen molar-refractivity contribution in [3.63, 3.8) is 0 Å². The molecule has 0 aliphatic rings. The summed E-state index contributed by atoms with van der Waals surface area (Å²) in [4.78, 5) is 0. The minimum Gasteiger partial charge on any atom is -0.383 e. The first kappa shape index (κ1) is 17.9. The zero-order valence-electron chi connectivity index (χ0n) is 12.5. The van der Waals surface area contributed by atoms with E-state index in [2.05, 4.69) is 26.1 Å². The molecule has 0 aromatic rings. The molecule has 0 aliphatic carbocycles. The Labute approximate surface area is 112 Å². The summed E-state index contributed by atoms with van der Waals surface area (Å²) in [5.74, 6) is 0.960. The van der Waals surface area contributed by atoms with Gasteiger partial charge in [-0.2, -0.15) is 0 Å². The van der Waals surface area contributed by atoms with Gasteiger partial charge in [0.2, 0.25) is 0 Å². The van der Waals surface area contributed by atoms with E-state index in [0.717, 1.165) is 13.1 Å². The first-order valence-corrected chi connectivity index (χ1v) is 8.49. The summed E-state index contributed by atoms with van der Waals surface area (Å²) >= 11 is 0. The minimum absolute atomic E-state index is 0.00990. The van der Waals surface area contributed by atoms with Gasteiger partial charge in [-0.15, -0.1) is 0 Å². The zero-order valence-corrected chi connectivity index (χ0v) is 13.3. The van der Waals surface area contributed by atoms with Gasteiger partial charge in [0.25, 0.3) is 0 Å². The van der Waals surface area contributed by atoms with Gasteiger partial charge in [-0.1, -0.05) is 27.7 Å². The fourth-order valence-corrected chi connectivity index (χ4v) is 2.73. The summed E-state index contributed by atoms with van der Waals surface area (Å²) in [6.07, 6.45) is 0.709. The Bertz CT molecular complexity index is 314. The van der Waals surface area contributed by atoms with Gasteiger partial charge in [-0.3, -0.25) is 0 Å². The molecular formula is C13H29NO3S. The van der Waals surface area contributed by atoms with Gasteiger partial charge in [0.1, 0.15) is 9.84 Å². The molecule has 110 valence electrons. The maximum atomic E-state index is 11.6. The lowest BCUT2D eigenvalue weighted by Crippen LogP contribution is -2.38. The molecule has 0 aliphatic heterocycles. The van der Waals surface area contributed by atoms with Crippen LogP contribution in [0.15, 0.2) is 0 Å². The van der Waals surface area contributed by atoms with Crippen LogP contribution in [-0.4, -0.2) is 46.7 Å². The van der Waals surface area contributed by atoms with Crippen molar-refractivity contribution in [3.05, 3.63) is 0 Å². The number of sulfone groups is 1. The third-order valence-corrected chi connectivity index (χ3v) is 5.54. The topological polar surface area (TPSA) is 55.4 Å². The number of nitrogens with one attached hydrogen (secondary N) is 1. The van der Waals surface area contributed by atoms with Crippen LogP contribution in [0.2, 0.25) is 0 Å². The number of methoxy groups -OCH3 is 1. The van der Waals surface area contributed by atoms with E-state index >= 15 is 0 Å². The second-order valence-electron chi connectivity index (χ2n) is 5.46. The molecule has 0 rings (SSSR count). The predicted molar refractivity (Wildman–Crippen MR) is 76.6 cm³/mol. The highest BCUT2D eigenvalue weighted by Gasteiger charge is 2.29. The second-order valence-corrected chi connectivity index (χ2v) is 7.94. The quantitative estimate of drug-likeness (QED) is 0.619. The molecule has 1 atom stereocenters. The summed E-state index contributed by atoms with van der Waals surface area (Å²) in [5, 5.41) is 3.34. The van der Waals surface area contributed by atoms with Crippen LogP contribution in [0.4, 0.5) is 0 Å². The highest BCUT2D eigenvalue weighted by atomic mass is 32.2. The maximum absolute atomic E-state index is 11.6. The first-order chi connectivity index (χ1) is 8.27. The van der Waals surface area contributed by atoms with Crippen LogP contribution < -0.4 is 5.32 Å². The van der Waals surface area contributed by atoms with Crippen LogP contribution in [0.5, 0.6) is 0 Å². The van der Waals surface area contributed by atoms with Crippen LogP contribution in [0.1, 0.15) is 34.1 Å². The fraction of sp³-hybridized carbons (Fsp3) is 1.00. The van der Waals surface area contributed by atoms with Crippen molar-refractivity contribution in [2.24, 2.45) is 11.3 Å². The molecule has 0 spiro atoms. The molecule has 1 unspecified atom stereocenters. The molecule has 1 N–H and O–H groups in total. The van der Waals surface area contributed by atoms with Crippen molar-refractivity contribution in [1.82, 2.24) is 5.32 Å². The number of hydrogen-bond donors (Lipinski definition) is 1. The standard InChI is InChI=1S/C13H29NO3S/c1-6-18(15,16)10-7-13(4,12(2)3)11-14-8-9-17-5/h12,14H,6-11H2,1-5H3. The lowest BCUT2D eigenvalue weighted by Gasteiger charge is -2.34.